The van der Waals surface area contributed by atoms with E-state index in [1.54, 1.807) is 54.7 Å². The van der Waals surface area contributed by atoms with Crippen LogP contribution in [0.3, 0.4) is 0 Å². The fraction of sp³-hybridized carbons (Fsp3) is 0.174. The summed E-state index contributed by atoms with van der Waals surface area (Å²) in [5.41, 5.74) is 0.954. The lowest BCUT2D eigenvalue weighted by atomic mass is 9.98. The Hall–Kier alpha value is -4.27. The third kappa shape index (κ3) is 4.00. The van der Waals surface area contributed by atoms with Gasteiger partial charge >= 0.3 is 5.63 Å². The lowest BCUT2D eigenvalue weighted by Gasteiger charge is -2.19. The number of aromatic nitrogens is 3. The molecule has 0 aliphatic carbocycles. The van der Waals surface area contributed by atoms with E-state index in [4.69, 9.17) is 9.15 Å². The van der Waals surface area contributed by atoms with E-state index in [1.165, 1.54) is 10.7 Å². The molecule has 0 radical (unpaired) electrons. The first-order valence-electron chi connectivity index (χ1n) is 10.0. The molecule has 0 saturated carbocycles. The molecule has 1 unspecified atom stereocenters. The maximum absolute atomic E-state index is 13.1. The fourth-order valence-corrected chi connectivity index (χ4v) is 3.63. The summed E-state index contributed by atoms with van der Waals surface area (Å²) < 4.78 is 12.4. The van der Waals surface area contributed by atoms with Crippen molar-refractivity contribution in [3.8, 4) is 5.75 Å². The predicted octanol–water partition coefficient (Wildman–Crippen LogP) is 2.41. The summed E-state index contributed by atoms with van der Waals surface area (Å²) >= 11 is 0. The van der Waals surface area contributed by atoms with Crippen molar-refractivity contribution in [2.45, 2.75) is 25.6 Å². The van der Waals surface area contributed by atoms with Gasteiger partial charge in [0.25, 0.3) is 0 Å². The molecule has 4 aromatic rings. The molecule has 160 valence electrons. The van der Waals surface area contributed by atoms with E-state index >= 15 is 0 Å². The molecule has 2 aliphatic heterocycles. The number of carbonyl (C=O) groups is 2. The Morgan fingerprint density at radius 2 is 1.94 bits per heavy atom. The van der Waals surface area contributed by atoms with Crippen molar-refractivity contribution in [2.24, 2.45) is 0 Å². The van der Waals surface area contributed by atoms with Crippen molar-refractivity contribution >= 4 is 22.7 Å². The van der Waals surface area contributed by atoms with Crippen LogP contribution < -0.4 is 15.7 Å². The highest BCUT2D eigenvalue weighted by Crippen LogP contribution is 2.23. The first kappa shape index (κ1) is 19.7. The van der Waals surface area contributed by atoms with Gasteiger partial charge in [-0.3, -0.25) is 9.59 Å². The molecule has 1 atom stereocenters. The average Bonchev–Trinajstić information content (AvgIpc) is 3.24. The van der Waals surface area contributed by atoms with Crippen LogP contribution in [-0.2, 0) is 17.9 Å². The molecular weight excluding hydrogens is 412 g/mol. The van der Waals surface area contributed by atoms with Crippen LogP contribution in [-0.4, -0.2) is 26.7 Å². The lowest BCUT2D eigenvalue weighted by molar-refractivity contribution is -0.122. The van der Waals surface area contributed by atoms with Gasteiger partial charge < -0.3 is 14.5 Å². The highest BCUT2D eigenvalue weighted by Gasteiger charge is 2.23. The van der Waals surface area contributed by atoms with Crippen molar-refractivity contribution in [1.82, 2.24) is 20.3 Å². The van der Waals surface area contributed by atoms with Crippen molar-refractivity contribution in [3.05, 3.63) is 88.0 Å². The molecule has 32 heavy (non-hydrogen) atoms. The molecule has 4 bridgehead atoms. The van der Waals surface area contributed by atoms with E-state index in [9.17, 15) is 14.4 Å². The van der Waals surface area contributed by atoms with E-state index in [2.05, 4.69) is 15.6 Å². The minimum absolute atomic E-state index is 0.0539. The predicted molar refractivity (Wildman–Crippen MR) is 113 cm³/mol. The highest BCUT2D eigenvalue weighted by atomic mass is 16.5. The number of para-hydroxylation sites is 1. The number of hydrogen-bond acceptors (Lipinski definition) is 7. The second-order valence-corrected chi connectivity index (χ2v) is 7.50. The van der Waals surface area contributed by atoms with Gasteiger partial charge in [0.2, 0.25) is 5.91 Å². The van der Waals surface area contributed by atoms with E-state index in [1.807, 2.05) is 0 Å². The van der Waals surface area contributed by atoms with Gasteiger partial charge in [-0.2, -0.15) is 0 Å². The van der Waals surface area contributed by atoms with Crippen LogP contribution >= 0.6 is 0 Å². The molecule has 2 aliphatic rings. The van der Waals surface area contributed by atoms with Gasteiger partial charge in [-0.25, -0.2) is 9.48 Å². The standard InChI is InChI=1S/C23H18N4O5/c28-20(18-9-15-3-1-2-4-21(15)32-23(18)30)10-19-14-5-7-17(8-6-14)31-13-16-11-27(26-25-16)12-22(29)24-19/h1-9,11,19H,10,12-13H2,(H,24,29). The zero-order chi connectivity index (χ0) is 22.1. The number of Topliss-reactive ketones (excluding diaryl/α,β-unsaturated/α-hetero) is 1. The summed E-state index contributed by atoms with van der Waals surface area (Å²) in [4.78, 5) is 38.1. The van der Waals surface area contributed by atoms with Gasteiger partial charge in [-0.1, -0.05) is 35.5 Å². The van der Waals surface area contributed by atoms with E-state index in [0.717, 1.165) is 0 Å². The SMILES string of the molecule is O=C1Cn2cc(nn2)COc2ccc(cc2)C(CC(=O)c2cc3ccccc3oc2=O)N1. The monoisotopic (exact) mass is 430 g/mol. The smallest absolute Gasteiger partial charge is 0.347 e. The largest absolute Gasteiger partial charge is 0.487 e. The molecule has 2 aromatic carbocycles. The molecule has 1 amide bonds. The third-order valence-corrected chi connectivity index (χ3v) is 5.23. The van der Waals surface area contributed by atoms with Crippen LogP contribution in [0.4, 0.5) is 0 Å². The third-order valence-electron chi connectivity index (χ3n) is 5.23. The van der Waals surface area contributed by atoms with Crippen LogP contribution in [0.25, 0.3) is 11.0 Å². The van der Waals surface area contributed by atoms with Gasteiger partial charge in [0, 0.05) is 11.8 Å². The number of ether oxygens (including phenoxy) is 1. The number of benzene rings is 2. The van der Waals surface area contributed by atoms with Gasteiger partial charge in [-0.05, 0) is 29.8 Å². The Morgan fingerprint density at radius 1 is 1.12 bits per heavy atom. The summed E-state index contributed by atoms with van der Waals surface area (Å²) in [6.45, 7) is 0.160. The van der Waals surface area contributed by atoms with Crippen molar-refractivity contribution < 1.29 is 18.7 Å². The van der Waals surface area contributed by atoms with E-state index in [-0.39, 0.29) is 31.0 Å². The number of rotatable bonds is 3. The quantitative estimate of drug-likeness (QED) is 0.392. The summed E-state index contributed by atoms with van der Waals surface area (Å²) in [6.07, 6.45) is 1.52. The lowest BCUT2D eigenvalue weighted by Crippen LogP contribution is -2.33. The number of fused-ring (bicyclic) bond motifs is 7. The van der Waals surface area contributed by atoms with Crippen molar-refractivity contribution in [1.29, 1.82) is 0 Å². The second kappa shape index (κ2) is 8.10. The second-order valence-electron chi connectivity index (χ2n) is 7.50. The Morgan fingerprint density at radius 3 is 2.78 bits per heavy atom. The van der Waals surface area contributed by atoms with Crippen molar-refractivity contribution in [2.75, 3.05) is 0 Å². The van der Waals surface area contributed by atoms with Crippen LogP contribution in [0.1, 0.15) is 34.1 Å². The zero-order valence-electron chi connectivity index (χ0n) is 16.9. The number of carbonyl (C=O) groups excluding carboxylic acids is 2. The van der Waals surface area contributed by atoms with E-state index in [0.29, 0.717) is 28.0 Å². The van der Waals surface area contributed by atoms with Crippen LogP contribution in [0.15, 0.2) is 70.0 Å². The molecule has 2 aromatic heterocycles. The van der Waals surface area contributed by atoms with E-state index < -0.39 is 17.5 Å². The molecule has 1 N–H and O–H groups in total. The van der Waals surface area contributed by atoms with Crippen LogP contribution in [0.2, 0.25) is 0 Å². The zero-order valence-corrected chi connectivity index (χ0v) is 16.9. The summed E-state index contributed by atoms with van der Waals surface area (Å²) in [5, 5.41) is 11.4. The number of nitrogens with zero attached hydrogens (tertiary/aromatic N) is 3. The average molecular weight is 430 g/mol. The first-order chi connectivity index (χ1) is 15.5. The number of hydrogen-bond donors (Lipinski definition) is 1. The molecule has 9 nitrogen and oxygen atoms in total. The fourth-order valence-electron chi connectivity index (χ4n) is 3.63. The maximum Gasteiger partial charge on any atom is 0.347 e. The molecule has 0 fully saturated rings. The van der Waals surface area contributed by atoms with Crippen molar-refractivity contribution in [3.63, 3.8) is 0 Å². The molecular formula is C23H18N4O5. The maximum atomic E-state index is 13.1. The molecule has 0 saturated heterocycles. The normalized spacial score (nSPS) is 15.9. The Bertz CT molecular complexity index is 1370. The Labute approximate surface area is 181 Å². The molecule has 0 spiro atoms. The number of ketones is 1. The van der Waals surface area contributed by atoms with Gasteiger partial charge in [0.15, 0.2) is 5.78 Å². The Balaban J connectivity index is 1.46. The Kier molecular flexibility index (Phi) is 4.98. The molecule has 6 rings (SSSR count). The minimum atomic E-state index is -0.705. The number of nitrogens with one attached hydrogen (secondary N) is 1. The number of amides is 1. The minimum Gasteiger partial charge on any atom is -0.487 e. The summed E-state index contributed by atoms with van der Waals surface area (Å²) in [5.74, 6) is -0.148. The van der Waals surface area contributed by atoms with Gasteiger partial charge in [-0.15, -0.1) is 5.10 Å². The van der Waals surface area contributed by atoms with Gasteiger partial charge in [0.1, 0.15) is 35.7 Å². The molecule has 9 heteroatoms. The first-order valence-corrected chi connectivity index (χ1v) is 10.0. The van der Waals surface area contributed by atoms with Gasteiger partial charge in [0.05, 0.1) is 12.2 Å². The van der Waals surface area contributed by atoms with Crippen LogP contribution in [0.5, 0.6) is 5.75 Å². The van der Waals surface area contributed by atoms with Crippen LogP contribution in [0, 0.1) is 0 Å². The summed E-state index contributed by atoms with van der Waals surface area (Å²) in [6, 6.07) is 14.9. The highest BCUT2D eigenvalue weighted by molar-refractivity contribution is 5.98. The molecule has 4 heterocycles. The topological polar surface area (TPSA) is 116 Å². The summed E-state index contributed by atoms with van der Waals surface area (Å²) in [7, 11) is 0.